The summed E-state index contributed by atoms with van der Waals surface area (Å²) in [5.41, 5.74) is 2.00. The third-order valence-corrected chi connectivity index (χ3v) is 5.51. The van der Waals surface area contributed by atoms with Gasteiger partial charge in [0.15, 0.2) is 0 Å². The minimum atomic E-state index is -0.717. The van der Waals surface area contributed by atoms with Gasteiger partial charge in [0, 0.05) is 25.1 Å². The number of amides is 1. The van der Waals surface area contributed by atoms with Crippen molar-refractivity contribution >= 4 is 17.8 Å². The Morgan fingerprint density at radius 2 is 1.72 bits per heavy atom. The van der Waals surface area contributed by atoms with Crippen molar-refractivity contribution in [3.63, 3.8) is 0 Å². The van der Waals surface area contributed by atoms with Gasteiger partial charge in [0.05, 0.1) is 25.2 Å². The second-order valence-corrected chi connectivity index (χ2v) is 7.15. The van der Waals surface area contributed by atoms with Crippen molar-refractivity contribution in [2.75, 3.05) is 26.3 Å². The minimum absolute atomic E-state index is 0.00342. The summed E-state index contributed by atoms with van der Waals surface area (Å²) in [5.74, 6) is -1.56. The summed E-state index contributed by atoms with van der Waals surface area (Å²) >= 11 is 0. The van der Waals surface area contributed by atoms with Crippen molar-refractivity contribution < 1.29 is 23.9 Å². The van der Waals surface area contributed by atoms with E-state index in [9.17, 15) is 14.4 Å². The predicted molar refractivity (Wildman–Crippen MR) is 106 cm³/mol. The second-order valence-electron chi connectivity index (χ2n) is 7.15. The number of rotatable bonds is 5. The lowest BCUT2D eigenvalue weighted by atomic mass is 9.83. The molecule has 2 heterocycles. The van der Waals surface area contributed by atoms with Gasteiger partial charge in [0.25, 0.3) is 0 Å². The number of carbonyl (C=O) groups is 3. The number of hydrogen-bond acceptors (Lipinski definition) is 6. The molecule has 2 atom stereocenters. The highest BCUT2D eigenvalue weighted by molar-refractivity contribution is 5.91. The molecule has 0 spiro atoms. The zero-order valence-electron chi connectivity index (χ0n) is 17.2. The third-order valence-electron chi connectivity index (χ3n) is 5.51. The van der Waals surface area contributed by atoms with Crippen LogP contribution in [0.2, 0.25) is 0 Å². The van der Waals surface area contributed by atoms with Crippen LogP contribution in [0.4, 0.5) is 0 Å². The Labute approximate surface area is 171 Å². The van der Waals surface area contributed by atoms with Crippen molar-refractivity contribution in [3.8, 4) is 0 Å². The molecule has 0 unspecified atom stereocenters. The van der Waals surface area contributed by atoms with E-state index in [1.807, 2.05) is 35.3 Å². The number of hydrazine groups is 1. The molecule has 7 nitrogen and oxygen atoms in total. The molecule has 2 aliphatic heterocycles. The highest BCUT2D eigenvalue weighted by atomic mass is 16.5. The molecule has 7 heteroatoms. The lowest BCUT2D eigenvalue weighted by molar-refractivity contribution is -0.157. The number of esters is 2. The largest absolute Gasteiger partial charge is 0.465 e. The van der Waals surface area contributed by atoms with Crippen LogP contribution in [0.1, 0.15) is 45.2 Å². The Kier molecular flexibility index (Phi) is 6.69. The Bertz CT molecular complexity index is 805. The molecule has 0 aliphatic carbocycles. The van der Waals surface area contributed by atoms with Crippen LogP contribution in [0.25, 0.3) is 0 Å². The summed E-state index contributed by atoms with van der Waals surface area (Å²) < 4.78 is 10.7. The van der Waals surface area contributed by atoms with E-state index in [4.69, 9.17) is 9.47 Å². The van der Waals surface area contributed by atoms with Gasteiger partial charge in [-0.3, -0.25) is 14.6 Å². The van der Waals surface area contributed by atoms with E-state index in [2.05, 4.69) is 0 Å². The standard InChI is InChI=1S/C22H28N2O5/c1-4-28-21(26)17-11-13-23-18(25)12-14-24(23)20(16-9-7-6-8-10-16)19(15(17)3)22(27)29-5-2/h6-10,19-20H,4-5,11-14H2,1-3H3/b17-15+/t19-,20+/m1/s1. The molecule has 2 aliphatic rings. The van der Waals surface area contributed by atoms with E-state index in [-0.39, 0.29) is 19.1 Å². The second kappa shape index (κ2) is 9.22. The smallest absolute Gasteiger partial charge is 0.334 e. The molecule has 3 rings (SSSR count). The van der Waals surface area contributed by atoms with Crippen LogP contribution in [0.3, 0.4) is 0 Å². The number of fused-ring (bicyclic) bond motifs is 1. The van der Waals surface area contributed by atoms with Crippen LogP contribution in [0.5, 0.6) is 0 Å². The summed E-state index contributed by atoms with van der Waals surface area (Å²) in [6, 6.07) is 9.17. The zero-order valence-corrected chi connectivity index (χ0v) is 17.2. The van der Waals surface area contributed by atoms with Crippen molar-refractivity contribution in [2.24, 2.45) is 5.92 Å². The van der Waals surface area contributed by atoms with E-state index in [1.165, 1.54) is 0 Å². The lowest BCUT2D eigenvalue weighted by Gasteiger charge is -2.41. The van der Waals surface area contributed by atoms with Crippen molar-refractivity contribution in [3.05, 3.63) is 47.0 Å². The SMILES string of the molecule is CCOC(=O)/C1=C(\C)[C@@H](C(=O)OCC)[C@H](c2ccccc2)N2CCC(=O)N2CC1. The normalized spacial score (nSPS) is 25.2. The van der Waals surface area contributed by atoms with Gasteiger partial charge >= 0.3 is 11.9 Å². The fourth-order valence-electron chi connectivity index (χ4n) is 4.19. The summed E-state index contributed by atoms with van der Waals surface area (Å²) in [7, 11) is 0. The van der Waals surface area contributed by atoms with Gasteiger partial charge < -0.3 is 9.47 Å². The molecule has 1 saturated heterocycles. The Balaban J connectivity index is 2.18. The molecule has 0 aromatic heterocycles. The average Bonchev–Trinajstić information content (AvgIpc) is 3.05. The summed E-state index contributed by atoms with van der Waals surface area (Å²) in [5, 5.41) is 3.64. The monoisotopic (exact) mass is 400 g/mol. The molecule has 0 N–H and O–H groups in total. The number of nitrogens with zero attached hydrogens (tertiary/aromatic N) is 2. The maximum absolute atomic E-state index is 13.1. The minimum Gasteiger partial charge on any atom is -0.465 e. The molecule has 1 aromatic rings. The predicted octanol–water partition coefficient (Wildman–Crippen LogP) is 2.64. The van der Waals surface area contributed by atoms with Crippen molar-refractivity contribution in [2.45, 2.75) is 39.7 Å². The first-order valence-corrected chi connectivity index (χ1v) is 10.1. The van der Waals surface area contributed by atoms with Gasteiger partial charge in [0.1, 0.15) is 0 Å². The van der Waals surface area contributed by atoms with Crippen LogP contribution >= 0.6 is 0 Å². The van der Waals surface area contributed by atoms with Gasteiger partial charge in [-0.15, -0.1) is 0 Å². The van der Waals surface area contributed by atoms with Gasteiger partial charge in [-0.25, -0.2) is 9.80 Å². The van der Waals surface area contributed by atoms with Gasteiger partial charge in [-0.1, -0.05) is 30.3 Å². The number of carbonyl (C=O) groups excluding carboxylic acids is 3. The first kappa shape index (κ1) is 21.0. The summed E-state index contributed by atoms with van der Waals surface area (Å²) in [4.78, 5) is 38.4. The molecule has 156 valence electrons. The van der Waals surface area contributed by atoms with E-state index in [0.717, 1.165) is 5.56 Å². The number of ether oxygens (including phenoxy) is 2. The third kappa shape index (κ3) is 4.19. The molecular formula is C22H28N2O5. The maximum atomic E-state index is 13.1. The highest BCUT2D eigenvalue weighted by Crippen LogP contribution is 2.41. The Morgan fingerprint density at radius 3 is 2.38 bits per heavy atom. The quantitative estimate of drug-likeness (QED) is 0.708. The molecule has 1 fully saturated rings. The fraction of sp³-hybridized carbons (Fsp3) is 0.500. The Hall–Kier alpha value is -2.67. The molecule has 1 amide bonds. The molecule has 1 aromatic carbocycles. The fourth-order valence-corrected chi connectivity index (χ4v) is 4.19. The maximum Gasteiger partial charge on any atom is 0.334 e. The highest BCUT2D eigenvalue weighted by Gasteiger charge is 2.45. The van der Waals surface area contributed by atoms with Crippen LogP contribution in [-0.2, 0) is 23.9 Å². The van der Waals surface area contributed by atoms with Crippen molar-refractivity contribution in [1.29, 1.82) is 0 Å². The number of hydrogen-bond donors (Lipinski definition) is 0. The Morgan fingerprint density at radius 1 is 1.03 bits per heavy atom. The molecule has 0 bridgehead atoms. The first-order chi connectivity index (χ1) is 14.0. The summed E-state index contributed by atoms with van der Waals surface area (Å²) in [6.07, 6.45) is 0.719. The first-order valence-electron chi connectivity index (χ1n) is 10.1. The molecule has 0 radical (unpaired) electrons. The van der Waals surface area contributed by atoms with E-state index in [1.54, 1.807) is 25.8 Å². The van der Waals surface area contributed by atoms with Gasteiger partial charge in [-0.05, 0) is 38.3 Å². The van der Waals surface area contributed by atoms with E-state index in [0.29, 0.717) is 37.1 Å². The van der Waals surface area contributed by atoms with E-state index >= 15 is 0 Å². The van der Waals surface area contributed by atoms with Crippen LogP contribution in [-0.4, -0.2) is 54.2 Å². The van der Waals surface area contributed by atoms with Crippen molar-refractivity contribution in [1.82, 2.24) is 10.0 Å². The van der Waals surface area contributed by atoms with Crippen LogP contribution < -0.4 is 0 Å². The van der Waals surface area contributed by atoms with E-state index < -0.39 is 23.9 Å². The molecular weight excluding hydrogens is 372 g/mol. The van der Waals surface area contributed by atoms with Crippen LogP contribution in [0.15, 0.2) is 41.5 Å². The van der Waals surface area contributed by atoms with Gasteiger partial charge in [0.2, 0.25) is 5.91 Å². The lowest BCUT2D eigenvalue weighted by Crippen LogP contribution is -2.48. The number of benzene rings is 1. The average molecular weight is 400 g/mol. The summed E-state index contributed by atoms with van der Waals surface area (Å²) in [6.45, 7) is 6.70. The topological polar surface area (TPSA) is 76.2 Å². The zero-order chi connectivity index (χ0) is 21.0. The van der Waals surface area contributed by atoms with Crippen LogP contribution in [0, 0.1) is 5.92 Å². The molecule has 0 saturated carbocycles. The van der Waals surface area contributed by atoms with Gasteiger partial charge in [-0.2, -0.15) is 0 Å². The molecule has 29 heavy (non-hydrogen) atoms.